The van der Waals surface area contributed by atoms with Gasteiger partial charge in [0.15, 0.2) is 0 Å². The van der Waals surface area contributed by atoms with Crippen LogP contribution in [0.4, 0.5) is 0 Å². The Hall–Kier alpha value is -1.58. The van der Waals surface area contributed by atoms with Crippen molar-refractivity contribution in [2.24, 2.45) is 5.92 Å². The predicted octanol–water partition coefficient (Wildman–Crippen LogP) is 2.74. The Labute approximate surface area is 126 Å². The van der Waals surface area contributed by atoms with Crippen LogP contribution in [-0.2, 0) is 13.1 Å². The molecule has 0 bridgehead atoms. The van der Waals surface area contributed by atoms with E-state index in [9.17, 15) is 5.11 Å². The van der Waals surface area contributed by atoms with Gasteiger partial charge in [-0.3, -0.25) is 4.90 Å². The molecule has 0 aliphatic carbocycles. The monoisotopic (exact) mass is 284 g/mol. The Balaban J connectivity index is 1.57. The van der Waals surface area contributed by atoms with E-state index < -0.39 is 0 Å². The first-order valence-electron chi connectivity index (χ1n) is 7.85. The fraction of sp³-hybridized carbons (Fsp3) is 0.444. The largest absolute Gasteiger partial charge is 0.396 e. The van der Waals surface area contributed by atoms with E-state index in [1.807, 2.05) is 0 Å². The third kappa shape index (κ3) is 3.96. The van der Waals surface area contributed by atoms with E-state index in [0.29, 0.717) is 12.5 Å². The smallest absolute Gasteiger partial charge is 0.0471 e. The van der Waals surface area contributed by atoms with Gasteiger partial charge in [-0.25, -0.2) is 0 Å². The van der Waals surface area contributed by atoms with Crippen molar-refractivity contribution < 1.29 is 5.11 Å². The number of aliphatic hydroxyl groups is 1. The number of piperidine rings is 1. The highest BCUT2D eigenvalue weighted by molar-refractivity contribution is 5.17. The molecule has 112 valence electrons. The summed E-state index contributed by atoms with van der Waals surface area (Å²) in [4.78, 5) is 2.46. The van der Waals surface area contributed by atoms with Crippen LogP contribution in [0.1, 0.15) is 24.0 Å². The molecule has 0 saturated carbocycles. The molecule has 0 radical (unpaired) electrons. The lowest BCUT2D eigenvalue weighted by molar-refractivity contribution is 0.116. The molecular weight excluding hydrogens is 260 g/mol. The predicted molar refractivity (Wildman–Crippen MR) is 85.1 cm³/mol. The summed E-state index contributed by atoms with van der Waals surface area (Å²) in [6.07, 6.45) is 6.78. The second kappa shape index (κ2) is 6.92. The van der Waals surface area contributed by atoms with Gasteiger partial charge < -0.3 is 9.67 Å². The number of rotatable bonds is 5. The zero-order chi connectivity index (χ0) is 14.5. The molecule has 2 heterocycles. The van der Waals surface area contributed by atoms with Gasteiger partial charge in [-0.1, -0.05) is 30.3 Å². The number of hydrogen-bond acceptors (Lipinski definition) is 2. The summed E-state index contributed by atoms with van der Waals surface area (Å²) in [5.41, 5.74) is 2.70. The van der Waals surface area contributed by atoms with Gasteiger partial charge >= 0.3 is 0 Å². The minimum absolute atomic E-state index is 0.325. The maximum Gasteiger partial charge on any atom is 0.0471 e. The summed E-state index contributed by atoms with van der Waals surface area (Å²) in [6, 6.07) is 12.8. The summed E-state index contributed by atoms with van der Waals surface area (Å²) in [6.45, 7) is 4.44. The number of nitrogens with zero attached hydrogens (tertiary/aromatic N) is 2. The van der Waals surface area contributed by atoms with E-state index in [4.69, 9.17) is 0 Å². The van der Waals surface area contributed by atoms with Gasteiger partial charge in [-0.2, -0.15) is 0 Å². The minimum Gasteiger partial charge on any atom is -0.396 e. The molecule has 1 N–H and O–H groups in total. The topological polar surface area (TPSA) is 28.4 Å². The van der Waals surface area contributed by atoms with Gasteiger partial charge in [-0.05, 0) is 42.5 Å². The number of aliphatic hydroxyl groups excluding tert-OH is 1. The standard InChI is InChI=1S/C18H24N2O/c21-15-18-7-4-9-19(14-18)12-17-8-10-20(13-17)11-16-5-2-1-3-6-16/h1-3,5-6,8,10,13,18,21H,4,7,9,11-12,14-15H2. The fourth-order valence-electron chi connectivity index (χ4n) is 3.18. The lowest BCUT2D eigenvalue weighted by Crippen LogP contribution is -2.36. The molecule has 0 spiro atoms. The average Bonchev–Trinajstić information content (AvgIpc) is 2.95. The first kappa shape index (κ1) is 14.4. The lowest BCUT2D eigenvalue weighted by atomic mass is 9.99. The van der Waals surface area contributed by atoms with Gasteiger partial charge in [0.25, 0.3) is 0 Å². The Morgan fingerprint density at radius 3 is 2.71 bits per heavy atom. The SMILES string of the molecule is OCC1CCCN(Cc2ccn(Cc3ccccc3)c2)C1. The maximum atomic E-state index is 9.31. The van der Waals surface area contributed by atoms with Crippen molar-refractivity contribution in [1.82, 2.24) is 9.47 Å². The van der Waals surface area contributed by atoms with Crippen molar-refractivity contribution in [3.8, 4) is 0 Å². The van der Waals surface area contributed by atoms with Crippen molar-refractivity contribution in [3.63, 3.8) is 0 Å². The van der Waals surface area contributed by atoms with Crippen LogP contribution in [0.3, 0.4) is 0 Å². The molecule has 1 aromatic carbocycles. The highest BCUT2D eigenvalue weighted by Crippen LogP contribution is 2.18. The van der Waals surface area contributed by atoms with Crippen LogP contribution in [-0.4, -0.2) is 34.3 Å². The van der Waals surface area contributed by atoms with Gasteiger partial charge in [0.1, 0.15) is 0 Å². The number of aromatic nitrogens is 1. The zero-order valence-electron chi connectivity index (χ0n) is 12.5. The van der Waals surface area contributed by atoms with Crippen molar-refractivity contribution in [2.75, 3.05) is 19.7 Å². The molecule has 1 aliphatic heterocycles. The molecule has 1 aliphatic rings. The van der Waals surface area contributed by atoms with E-state index in [-0.39, 0.29) is 0 Å². The number of benzene rings is 1. The van der Waals surface area contributed by atoms with Crippen LogP contribution in [0.15, 0.2) is 48.8 Å². The van der Waals surface area contributed by atoms with Crippen LogP contribution in [0.2, 0.25) is 0 Å². The Morgan fingerprint density at radius 2 is 1.90 bits per heavy atom. The molecule has 3 nitrogen and oxygen atoms in total. The lowest BCUT2D eigenvalue weighted by Gasteiger charge is -2.31. The van der Waals surface area contributed by atoms with E-state index >= 15 is 0 Å². The second-order valence-electron chi connectivity index (χ2n) is 6.10. The summed E-state index contributed by atoms with van der Waals surface area (Å²) < 4.78 is 2.25. The summed E-state index contributed by atoms with van der Waals surface area (Å²) in [7, 11) is 0. The molecule has 1 atom stereocenters. The van der Waals surface area contributed by atoms with E-state index in [2.05, 4.69) is 58.3 Å². The highest BCUT2D eigenvalue weighted by atomic mass is 16.3. The molecule has 2 aromatic rings. The zero-order valence-corrected chi connectivity index (χ0v) is 12.5. The summed E-state index contributed by atoms with van der Waals surface area (Å²) in [5.74, 6) is 0.463. The molecule has 1 unspecified atom stereocenters. The van der Waals surface area contributed by atoms with Crippen LogP contribution in [0.25, 0.3) is 0 Å². The van der Waals surface area contributed by atoms with E-state index in [1.54, 1.807) is 0 Å². The Kier molecular flexibility index (Phi) is 4.73. The molecule has 3 rings (SSSR count). The number of hydrogen-bond donors (Lipinski definition) is 1. The molecule has 0 amide bonds. The Morgan fingerprint density at radius 1 is 1.05 bits per heavy atom. The molecule has 3 heteroatoms. The van der Waals surface area contributed by atoms with Crippen molar-refractivity contribution in [1.29, 1.82) is 0 Å². The van der Waals surface area contributed by atoms with Gasteiger partial charge in [0.05, 0.1) is 0 Å². The molecule has 1 fully saturated rings. The Bertz CT molecular complexity index is 549. The van der Waals surface area contributed by atoms with E-state index in [0.717, 1.165) is 26.2 Å². The van der Waals surface area contributed by atoms with Crippen LogP contribution in [0, 0.1) is 5.92 Å². The van der Waals surface area contributed by atoms with Crippen molar-refractivity contribution >= 4 is 0 Å². The molecule has 21 heavy (non-hydrogen) atoms. The van der Waals surface area contributed by atoms with Crippen LogP contribution < -0.4 is 0 Å². The number of likely N-dealkylation sites (tertiary alicyclic amines) is 1. The first-order chi connectivity index (χ1) is 10.3. The minimum atomic E-state index is 0.325. The normalized spacial score (nSPS) is 19.8. The van der Waals surface area contributed by atoms with Crippen LogP contribution in [0.5, 0.6) is 0 Å². The van der Waals surface area contributed by atoms with Gasteiger partial charge in [-0.15, -0.1) is 0 Å². The highest BCUT2D eigenvalue weighted by Gasteiger charge is 2.19. The molecule has 1 saturated heterocycles. The maximum absolute atomic E-state index is 9.31. The third-order valence-corrected chi connectivity index (χ3v) is 4.29. The second-order valence-corrected chi connectivity index (χ2v) is 6.10. The quantitative estimate of drug-likeness (QED) is 0.914. The first-order valence-corrected chi connectivity index (χ1v) is 7.85. The molecular formula is C18H24N2O. The van der Waals surface area contributed by atoms with Crippen molar-refractivity contribution in [2.45, 2.75) is 25.9 Å². The van der Waals surface area contributed by atoms with Crippen molar-refractivity contribution in [3.05, 3.63) is 59.9 Å². The van der Waals surface area contributed by atoms with Gasteiger partial charge in [0.2, 0.25) is 0 Å². The fourth-order valence-corrected chi connectivity index (χ4v) is 3.18. The summed E-state index contributed by atoms with van der Waals surface area (Å²) >= 11 is 0. The van der Waals surface area contributed by atoms with Crippen LogP contribution >= 0.6 is 0 Å². The molecule has 1 aromatic heterocycles. The summed E-state index contributed by atoms with van der Waals surface area (Å²) in [5, 5.41) is 9.31. The third-order valence-electron chi connectivity index (χ3n) is 4.29. The van der Waals surface area contributed by atoms with Gasteiger partial charge in [0, 0.05) is 38.6 Å². The van der Waals surface area contributed by atoms with E-state index in [1.165, 1.54) is 24.0 Å². The average molecular weight is 284 g/mol.